The van der Waals surface area contributed by atoms with Crippen LogP contribution in [0.25, 0.3) is 10.9 Å². The molecule has 0 bridgehead atoms. The number of rotatable bonds is 2. The lowest BCUT2D eigenvalue weighted by atomic mass is 9.72. The third-order valence-corrected chi connectivity index (χ3v) is 6.48. The molecular weight excluding hydrogens is 272 g/mol. The minimum atomic E-state index is 0.325. The maximum Gasteiger partial charge on any atom is 0.0471 e. The Hall–Kier alpha value is -1.32. The van der Waals surface area contributed by atoms with Crippen LogP contribution in [0.1, 0.15) is 43.2 Å². The van der Waals surface area contributed by atoms with E-state index in [4.69, 9.17) is 0 Å². The van der Waals surface area contributed by atoms with Gasteiger partial charge in [-0.15, -0.1) is 0 Å². The predicted molar refractivity (Wildman–Crippen MR) is 88.1 cm³/mol. The molecule has 2 heterocycles. The lowest BCUT2D eigenvalue weighted by Crippen LogP contribution is -2.55. The standard InChI is InChI=1S/C19H24N2O/c1-19(5-6-19)21-10-12(11-22)7-15-14-3-2-4-16-18(14)13(9-20-16)8-17(15)21/h2-4,9,12,15,17,20,22H,5-8,10-11H2,1H3/t12-,15?,17-/m1/s1. The zero-order valence-electron chi connectivity index (χ0n) is 13.2. The summed E-state index contributed by atoms with van der Waals surface area (Å²) in [4.78, 5) is 6.20. The molecule has 1 aromatic heterocycles. The van der Waals surface area contributed by atoms with E-state index in [1.54, 1.807) is 0 Å². The Kier molecular flexibility index (Phi) is 2.61. The third kappa shape index (κ3) is 1.70. The van der Waals surface area contributed by atoms with E-state index in [1.807, 2.05) is 0 Å². The Balaban J connectivity index is 1.64. The Morgan fingerprint density at radius 2 is 2.23 bits per heavy atom. The molecule has 2 N–H and O–H groups in total. The second-order valence-corrected chi connectivity index (χ2v) is 7.90. The van der Waals surface area contributed by atoms with Gasteiger partial charge in [0, 0.05) is 47.8 Å². The number of benzene rings is 1. The number of aliphatic hydroxyl groups is 1. The molecule has 3 aliphatic rings. The van der Waals surface area contributed by atoms with Crippen LogP contribution in [0.15, 0.2) is 24.4 Å². The summed E-state index contributed by atoms with van der Waals surface area (Å²) in [5, 5.41) is 11.3. The van der Waals surface area contributed by atoms with Crippen molar-refractivity contribution in [2.75, 3.05) is 13.2 Å². The lowest BCUT2D eigenvalue weighted by Gasteiger charge is -2.49. The van der Waals surface area contributed by atoms with Crippen molar-refractivity contribution in [3.05, 3.63) is 35.5 Å². The van der Waals surface area contributed by atoms with Crippen molar-refractivity contribution in [2.24, 2.45) is 5.92 Å². The van der Waals surface area contributed by atoms with Crippen LogP contribution in [0.2, 0.25) is 0 Å². The number of aliphatic hydroxyl groups excluding tert-OH is 1. The van der Waals surface area contributed by atoms with Crippen molar-refractivity contribution in [1.29, 1.82) is 0 Å². The molecule has 1 unspecified atom stereocenters. The molecule has 1 saturated heterocycles. The number of hydrogen-bond donors (Lipinski definition) is 2. The van der Waals surface area contributed by atoms with Gasteiger partial charge in [0.15, 0.2) is 0 Å². The summed E-state index contributed by atoms with van der Waals surface area (Å²) >= 11 is 0. The molecule has 0 amide bonds. The van der Waals surface area contributed by atoms with Gasteiger partial charge in [-0.25, -0.2) is 0 Å². The number of piperidine rings is 1. The summed E-state index contributed by atoms with van der Waals surface area (Å²) < 4.78 is 0. The summed E-state index contributed by atoms with van der Waals surface area (Å²) in [6, 6.07) is 7.31. The summed E-state index contributed by atoms with van der Waals surface area (Å²) in [6.07, 6.45) is 7.15. The monoisotopic (exact) mass is 296 g/mol. The molecule has 1 saturated carbocycles. The normalized spacial score (nSPS) is 32.9. The highest BCUT2D eigenvalue weighted by molar-refractivity contribution is 5.88. The van der Waals surface area contributed by atoms with Gasteiger partial charge in [-0.3, -0.25) is 4.90 Å². The smallest absolute Gasteiger partial charge is 0.0471 e. The molecule has 1 aliphatic heterocycles. The van der Waals surface area contributed by atoms with Crippen LogP contribution in [-0.4, -0.2) is 39.7 Å². The Morgan fingerprint density at radius 1 is 1.36 bits per heavy atom. The van der Waals surface area contributed by atoms with Gasteiger partial charge in [-0.1, -0.05) is 12.1 Å². The van der Waals surface area contributed by atoms with E-state index in [-0.39, 0.29) is 0 Å². The summed E-state index contributed by atoms with van der Waals surface area (Å²) in [7, 11) is 0. The Morgan fingerprint density at radius 3 is 3.00 bits per heavy atom. The lowest BCUT2D eigenvalue weighted by molar-refractivity contribution is 0.0207. The number of nitrogens with one attached hydrogen (secondary N) is 1. The van der Waals surface area contributed by atoms with Crippen molar-refractivity contribution < 1.29 is 5.11 Å². The van der Waals surface area contributed by atoms with Crippen LogP contribution in [-0.2, 0) is 6.42 Å². The topological polar surface area (TPSA) is 39.3 Å². The molecule has 2 aliphatic carbocycles. The number of likely N-dealkylation sites (tertiary alicyclic amines) is 1. The van der Waals surface area contributed by atoms with Crippen LogP contribution >= 0.6 is 0 Å². The van der Waals surface area contributed by atoms with E-state index in [1.165, 1.54) is 34.9 Å². The van der Waals surface area contributed by atoms with Crippen molar-refractivity contribution >= 4 is 10.9 Å². The van der Waals surface area contributed by atoms with Crippen molar-refractivity contribution in [3.8, 4) is 0 Å². The number of nitrogens with zero attached hydrogens (tertiary/aromatic N) is 1. The highest BCUT2D eigenvalue weighted by atomic mass is 16.3. The van der Waals surface area contributed by atoms with Gasteiger partial charge in [0.05, 0.1) is 0 Å². The van der Waals surface area contributed by atoms with E-state index >= 15 is 0 Å². The van der Waals surface area contributed by atoms with Gasteiger partial charge < -0.3 is 10.1 Å². The van der Waals surface area contributed by atoms with Crippen LogP contribution in [0, 0.1) is 5.92 Å². The maximum absolute atomic E-state index is 9.80. The highest BCUT2D eigenvalue weighted by Gasteiger charge is 2.51. The van der Waals surface area contributed by atoms with Crippen molar-refractivity contribution in [3.63, 3.8) is 0 Å². The molecule has 2 fully saturated rings. The molecule has 0 radical (unpaired) electrons. The molecule has 3 nitrogen and oxygen atoms in total. The fourth-order valence-electron chi connectivity index (χ4n) is 5.01. The second kappa shape index (κ2) is 4.36. The molecular formula is C19H24N2O. The van der Waals surface area contributed by atoms with E-state index in [9.17, 15) is 5.11 Å². The molecule has 2 aromatic rings. The summed E-state index contributed by atoms with van der Waals surface area (Å²) in [5.74, 6) is 1.00. The Bertz CT molecular complexity index is 730. The zero-order valence-corrected chi connectivity index (χ0v) is 13.2. The first kappa shape index (κ1) is 13.1. The molecule has 0 spiro atoms. The van der Waals surface area contributed by atoms with E-state index in [2.05, 4.69) is 41.2 Å². The fourth-order valence-corrected chi connectivity index (χ4v) is 5.01. The number of aromatic amines is 1. The first-order chi connectivity index (χ1) is 10.7. The molecule has 22 heavy (non-hydrogen) atoms. The molecule has 3 heteroatoms. The maximum atomic E-state index is 9.80. The minimum Gasteiger partial charge on any atom is -0.396 e. The molecule has 116 valence electrons. The van der Waals surface area contributed by atoms with Gasteiger partial charge in [-0.2, -0.15) is 0 Å². The van der Waals surface area contributed by atoms with Gasteiger partial charge in [0.2, 0.25) is 0 Å². The average molecular weight is 296 g/mol. The van der Waals surface area contributed by atoms with Gasteiger partial charge in [0.25, 0.3) is 0 Å². The zero-order chi connectivity index (χ0) is 14.9. The number of H-pyrrole nitrogens is 1. The highest BCUT2D eigenvalue weighted by Crippen LogP contribution is 2.51. The average Bonchev–Trinajstić information content (AvgIpc) is 3.16. The van der Waals surface area contributed by atoms with Crippen LogP contribution < -0.4 is 0 Å². The van der Waals surface area contributed by atoms with Gasteiger partial charge in [-0.05, 0) is 55.7 Å². The number of hydrogen-bond acceptors (Lipinski definition) is 2. The van der Waals surface area contributed by atoms with Gasteiger partial charge in [0.1, 0.15) is 0 Å². The van der Waals surface area contributed by atoms with E-state index in [0.717, 1.165) is 19.4 Å². The number of aromatic nitrogens is 1. The molecule has 3 atom stereocenters. The SMILES string of the molecule is CC1(N2C[C@H](CO)CC3c4cccc5[nH]cc(c45)C[C@H]32)CC1. The van der Waals surface area contributed by atoms with Crippen LogP contribution in [0.5, 0.6) is 0 Å². The van der Waals surface area contributed by atoms with Crippen molar-refractivity contribution in [2.45, 2.75) is 50.1 Å². The molecule has 5 rings (SSSR count). The molecule has 1 aromatic carbocycles. The second-order valence-electron chi connectivity index (χ2n) is 7.90. The largest absolute Gasteiger partial charge is 0.396 e. The van der Waals surface area contributed by atoms with E-state index in [0.29, 0.717) is 30.0 Å². The van der Waals surface area contributed by atoms with Crippen LogP contribution in [0.4, 0.5) is 0 Å². The summed E-state index contributed by atoms with van der Waals surface area (Å²) in [5.41, 5.74) is 4.67. The third-order valence-electron chi connectivity index (χ3n) is 6.48. The Labute approximate surface area is 131 Å². The minimum absolute atomic E-state index is 0.325. The van der Waals surface area contributed by atoms with Gasteiger partial charge >= 0.3 is 0 Å². The fraction of sp³-hybridized carbons (Fsp3) is 0.579. The number of fused-ring (bicyclic) bond motifs is 2. The first-order valence-corrected chi connectivity index (χ1v) is 8.66. The summed E-state index contributed by atoms with van der Waals surface area (Å²) in [6.45, 7) is 3.81. The van der Waals surface area contributed by atoms with Crippen LogP contribution in [0.3, 0.4) is 0 Å². The quantitative estimate of drug-likeness (QED) is 0.894. The first-order valence-electron chi connectivity index (χ1n) is 8.66. The predicted octanol–water partition coefficient (Wildman–Crippen LogP) is 3.04. The van der Waals surface area contributed by atoms with E-state index < -0.39 is 0 Å². The van der Waals surface area contributed by atoms with Crippen molar-refractivity contribution in [1.82, 2.24) is 9.88 Å².